The van der Waals surface area contributed by atoms with Gasteiger partial charge in [-0.05, 0) is 103 Å². The van der Waals surface area contributed by atoms with E-state index < -0.39 is 89.6 Å². The van der Waals surface area contributed by atoms with E-state index in [0.717, 1.165) is 0 Å². The van der Waals surface area contributed by atoms with Crippen molar-refractivity contribution in [2.75, 3.05) is 45.8 Å². The van der Waals surface area contributed by atoms with Gasteiger partial charge in [-0.25, -0.2) is 0 Å². The molecule has 0 fully saturated rings. The summed E-state index contributed by atoms with van der Waals surface area (Å²) in [5, 5.41) is 18.4. The summed E-state index contributed by atoms with van der Waals surface area (Å²) in [6.07, 6.45) is 1.61. The molecule has 448 valence electrons. The molecule has 7 atom stereocenters. The summed E-state index contributed by atoms with van der Waals surface area (Å²) < 4.78 is 0. The van der Waals surface area contributed by atoms with E-state index in [1.807, 2.05) is 0 Å². The van der Waals surface area contributed by atoms with Gasteiger partial charge in [0.25, 0.3) is 0 Å². The number of hydrogen-bond donors (Lipinski definition) is 21. The first kappa shape index (κ1) is 70.3. The van der Waals surface area contributed by atoms with Crippen molar-refractivity contribution < 1.29 is 38.4 Å². The van der Waals surface area contributed by atoms with Crippen LogP contribution in [0.5, 0.6) is 0 Å². The van der Waals surface area contributed by atoms with E-state index in [0.29, 0.717) is 19.4 Å². The number of nitrogens with zero attached hydrogens (tertiary/aromatic N) is 6. The molecule has 0 aromatic heterocycles. The quantitative estimate of drug-likeness (QED) is 0.0153. The first-order chi connectivity index (χ1) is 37.3. The molecule has 0 bridgehead atoms. The highest BCUT2D eigenvalue weighted by Gasteiger charge is 2.34. The topological polar surface area (TPSA) is 659 Å². The molecule has 0 aliphatic rings. The number of rotatable bonds is 42. The molecular formula is C44H89N27O8. The Morgan fingerprint density at radius 1 is 0.291 bits per heavy atom. The average Bonchev–Trinajstić information content (AvgIpc) is 3.35. The predicted molar refractivity (Wildman–Crippen MR) is 301 cm³/mol. The van der Waals surface area contributed by atoms with Gasteiger partial charge in [0.2, 0.25) is 47.3 Å². The molecule has 79 heavy (non-hydrogen) atoms. The molecule has 0 saturated heterocycles. The first-order valence-corrected chi connectivity index (χ1v) is 25.7. The summed E-state index contributed by atoms with van der Waals surface area (Å²) in [6, 6.07) is -9.24. The Bertz CT molecular complexity index is 2110. The summed E-state index contributed by atoms with van der Waals surface area (Å²) >= 11 is 0. The van der Waals surface area contributed by atoms with Gasteiger partial charge in [-0.3, -0.25) is 68.3 Å². The smallest absolute Gasteiger partial charge is 0.243 e. The van der Waals surface area contributed by atoms with Crippen LogP contribution in [0.4, 0.5) is 0 Å². The molecule has 0 aromatic carbocycles. The zero-order valence-electron chi connectivity index (χ0n) is 45.1. The van der Waals surface area contributed by atoms with Gasteiger partial charge in [0, 0.05) is 46.2 Å². The molecule has 0 radical (unpaired) electrons. The van der Waals surface area contributed by atoms with Crippen LogP contribution >= 0.6 is 0 Å². The largest absolute Gasteiger partial charge is 0.370 e. The monoisotopic (exact) mass is 1120 g/mol. The Kier molecular flexibility index (Phi) is 36.1. The van der Waals surface area contributed by atoms with Crippen molar-refractivity contribution in [3.8, 4) is 0 Å². The first-order valence-electron chi connectivity index (χ1n) is 25.7. The van der Waals surface area contributed by atoms with Crippen LogP contribution in [-0.4, -0.2) is 171 Å². The molecule has 0 aromatic rings. The van der Waals surface area contributed by atoms with Crippen LogP contribution in [0.1, 0.15) is 103 Å². The minimum Gasteiger partial charge on any atom is -0.370 e. The van der Waals surface area contributed by atoms with E-state index >= 15 is 0 Å². The molecule has 0 saturated carbocycles. The zero-order valence-corrected chi connectivity index (χ0v) is 45.1. The van der Waals surface area contributed by atoms with Crippen LogP contribution < -0.4 is 117 Å². The molecule has 0 spiro atoms. The molecule has 8 amide bonds. The van der Waals surface area contributed by atoms with Crippen molar-refractivity contribution in [3.05, 3.63) is 0 Å². The number of nitrogens with one attached hydrogen (secondary N) is 7. The minimum absolute atomic E-state index is 0.00274. The van der Waals surface area contributed by atoms with Crippen LogP contribution in [0.3, 0.4) is 0 Å². The van der Waals surface area contributed by atoms with Gasteiger partial charge < -0.3 is 117 Å². The molecule has 35 N–H and O–H groups in total. The number of amides is 8. The molecule has 0 heterocycles. The van der Waals surface area contributed by atoms with Gasteiger partial charge in [0.15, 0.2) is 35.8 Å². The van der Waals surface area contributed by atoms with Gasteiger partial charge in [0.05, 0.1) is 0 Å². The van der Waals surface area contributed by atoms with Crippen molar-refractivity contribution in [1.29, 1.82) is 0 Å². The molecule has 35 heteroatoms. The number of aliphatic imine (C=N–C) groups is 6. The maximum Gasteiger partial charge on any atom is 0.243 e. The highest BCUT2D eigenvalue weighted by atomic mass is 16.2. The summed E-state index contributed by atoms with van der Waals surface area (Å²) in [5.41, 5.74) is 77.3. The van der Waals surface area contributed by atoms with Gasteiger partial charge >= 0.3 is 0 Å². The normalized spacial score (nSPS) is 13.2. The molecule has 0 unspecified atom stereocenters. The average molecular weight is 1120 g/mol. The number of carbonyl (C=O) groups excluding carboxylic acids is 8. The molecular weight excluding hydrogens is 1030 g/mol. The Morgan fingerprint density at radius 3 is 0.658 bits per heavy atom. The summed E-state index contributed by atoms with van der Waals surface area (Å²) in [6.45, 7) is 1.77. The number of primary amides is 1. The second-order valence-corrected chi connectivity index (χ2v) is 18.0. The predicted octanol–water partition coefficient (Wildman–Crippen LogP) is -9.66. The third-order valence-electron chi connectivity index (χ3n) is 11.1. The lowest BCUT2D eigenvalue weighted by Gasteiger charge is -2.28. The maximum absolute atomic E-state index is 14.5. The molecule has 35 nitrogen and oxygen atoms in total. The number of unbranched alkanes of at least 4 members (excludes halogenated alkanes) is 1. The van der Waals surface area contributed by atoms with Crippen molar-refractivity contribution >= 4 is 83.0 Å². The van der Waals surface area contributed by atoms with Crippen LogP contribution in [0.2, 0.25) is 0 Å². The van der Waals surface area contributed by atoms with Crippen LogP contribution in [0, 0.1) is 0 Å². The van der Waals surface area contributed by atoms with Gasteiger partial charge in [-0.2, -0.15) is 0 Å². The second-order valence-electron chi connectivity index (χ2n) is 18.0. The summed E-state index contributed by atoms with van der Waals surface area (Å²) in [4.78, 5) is 133. The lowest BCUT2D eigenvalue weighted by Crippen LogP contribution is -2.60. The Balaban J connectivity index is 7.29. The fourth-order valence-corrected chi connectivity index (χ4v) is 7.29. The lowest BCUT2D eigenvalue weighted by atomic mass is 10.0. The highest BCUT2D eigenvalue weighted by Crippen LogP contribution is 2.11. The fourth-order valence-electron chi connectivity index (χ4n) is 7.29. The van der Waals surface area contributed by atoms with Gasteiger partial charge in [-0.1, -0.05) is 0 Å². The number of nitrogens with two attached hydrogens (primary N) is 14. The Hall–Kier alpha value is -8.66. The standard InChI is InChI=1S/C44H89N27O8/c1-24(72)65-26(11-4-18-59-39(47)48)33(74)67-28(13-6-20-61-41(51)52)35(76)69-30(15-8-22-63-43(55)56)37(78)71-31(16-9-23-64-44(57)58)38(79)70-29(14-7-21-62-42(53)54)36(77)68-27(12-5-19-60-40(49)50)34(75)66-25(32(46)73)10-2-3-17-45/h25-31H,2-23,45H2,1H3,(H2,46,73)(H,65,72)(H,66,75)(H,67,74)(H,68,77)(H,69,76)(H,70,79)(H,71,78)(H4,47,48,59)(H4,49,50,60)(H4,51,52,61)(H4,53,54,62)(H4,55,56,63)(H4,57,58,64)/t25-,26-,27-,28-,29-,30-,31-/m1/s1. The third-order valence-corrected chi connectivity index (χ3v) is 11.1. The SMILES string of the molecule is CC(=O)N[C@H](CCCN=C(N)N)C(=O)N[C@H](CCCN=C(N)N)C(=O)N[C@H](CCCN=C(N)N)C(=O)N[C@H](CCCN=C(N)N)C(=O)N[C@H](CCCN=C(N)N)C(=O)N[C@H](CCCN=C(N)N)C(=O)N[C@H](CCCCN)C(N)=O. The maximum atomic E-state index is 14.5. The van der Waals surface area contributed by atoms with E-state index in [2.05, 4.69) is 67.2 Å². The van der Waals surface area contributed by atoms with E-state index in [9.17, 15) is 38.4 Å². The number of carbonyl (C=O) groups is 8. The van der Waals surface area contributed by atoms with Gasteiger partial charge in [-0.15, -0.1) is 0 Å². The van der Waals surface area contributed by atoms with Crippen molar-refractivity contribution in [3.63, 3.8) is 0 Å². The van der Waals surface area contributed by atoms with Crippen molar-refractivity contribution in [2.45, 2.75) is 146 Å². The zero-order chi connectivity index (χ0) is 59.9. The van der Waals surface area contributed by atoms with Crippen LogP contribution in [0.15, 0.2) is 30.0 Å². The van der Waals surface area contributed by atoms with E-state index in [1.54, 1.807) is 0 Å². The van der Waals surface area contributed by atoms with Crippen molar-refractivity contribution in [2.24, 2.45) is 110 Å². The lowest BCUT2D eigenvalue weighted by molar-refractivity contribution is -0.136. The van der Waals surface area contributed by atoms with Crippen LogP contribution in [0.25, 0.3) is 0 Å². The highest BCUT2D eigenvalue weighted by molar-refractivity contribution is 5.97. The Labute approximate surface area is 459 Å². The molecule has 0 rings (SSSR count). The minimum atomic E-state index is -1.46. The van der Waals surface area contributed by atoms with Crippen molar-refractivity contribution in [1.82, 2.24) is 37.2 Å². The van der Waals surface area contributed by atoms with Gasteiger partial charge in [0.1, 0.15) is 42.3 Å². The number of guanidine groups is 6. The summed E-state index contributed by atoms with van der Waals surface area (Å²) in [7, 11) is 0. The third kappa shape index (κ3) is 35.3. The van der Waals surface area contributed by atoms with E-state index in [1.165, 1.54) is 6.92 Å². The number of hydrogen-bond acceptors (Lipinski definition) is 15. The fraction of sp³-hybridized carbons (Fsp3) is 0.682. The van der Waals surface area contributed by atoms with Crippen LogP contribution in [-0.2, 0) is 38.4 Å². The Morgan fingerprint density at radius 2 is 0.481 bits per heavy atom. The molecule has 0 aliphatic heterocycles. The van der Waals surface area contributed by atoms with E-state index in [-0.39, 0.29) is 158 Å². The second kappa shape index (κ2) is 40.6. The van der Waals surface area contributed by atoms with E-state index in [4.69, 9.17) is 80.3 Å². The summed E-state index contributed by atoms with van der Waals surface area (Å²) in [5.74, 6) is -7.79. The molecule has 0 aliphatic carbocycles.